The van der Waals surface area contributed by atoms with Crippen LogP contribution in [0.5, 0.6) is 5.75 Å². The summed E-state index contributed by atoms with van der Waals surface area (Å²) in [6.45, 7) is 3.16. The Kier molecular flexibility index (Phi) is 4.10. The van der Waals surface area contributed by atoms with Gasteiger partial charge in [-0.1, -0.05) is 4.49 Å². The Morgan fingerprint density at radius 2 is 2.24 bits per heavy atom. The molecular weight excluding hydrogens is 288 g/mol. The first kappa shape index (κ1) is 13.9. The van der Waals surface area contributed by atoms with Crippen molar-refractivity contribution in [3.63, 3.8) is 0 Å². The van der Waals surface area contributed by atoms with Crippen molar-refractivity contribution in [3.8, 4) is 5.75 Å². The highest BCUT2D eigenvalue weighted by molar-refractivity contribution is 7.07. The summed E-state index contributed by atoms with van der Waals surface area (Å²) in [6, 6.07) is 3.66. The van der Waals surface area contributed by atoms with E-state index in [9.17, 15) is 4.79 Å². The van der Waals surface area contributed by atoms with Gasteiger partial charge in [0.15, 0.2) is 0 Å². The van der Waals surface area contributed by atoms with Gasteiger partial charge in [-0.2, -0.15) is 0 Å². The summed E-state index contributed by atoms with van der Waals surface area (Å²) in [7, 11) is 0. The summed E-state index contributed by atoms with van der Waals surface area (Å²) >= 11 is 1.16. The smallest absolute Gasteiger partial charge is 0.267 e. The van der Waals surface area contributed by atoms with Crippen molar-refractivity contribution in [2.75, 3.05) is 13.1 Å². The van der Waals surface area contributed by atoms with Crippen LogP contribution in [0.25, 0.3) is 0 Å². The number of carbonyl (C=O) groups is 1. The fourth-order valence-electron chi connectivity index (χ4n) is 2.40. The molecule has 2 aromatic rings. The number of hydrogen-bond acceptors (Lipinski definition) is 6. The molecule has 1 amide bonds. The lowest BCUT2D eigenvalue weighted by atomic mass is 10.1. The van der Waals surface area contributed by atoms with E-state index in [2.05, 4.69) is 14.6 Å². The van der Waals surface area contributed by atoms with Gasteiger partial charge in [0.1, 0.15) is 16.7 Å². The van der Waals surface area contributed by atoms with E-state index in [0.29, 0.717) is 17.1 Å². The molecule has 2 aromatic heterocycles. The van der Waals surface area contributed by atoms with Gasteiger partial charge in [-0.25, -0.2) is 0 Å². The highest BCUT2D eigenvalue weighted by Gasteiger charge is 2.27. The summed E-state index contributed by atoms with van der Waals surface area (Å²) in [5, 5.41) is 3.90. The van der Waals surface area contributed by atoms with Crippen molar-refractivity contribution in [2.24, 2.45) is 0 Å². The average molecular weight is 304 g/mol. The van der Waals surface area contributed by atoms with Crippen LogP contribution in [0.1, 0.15) is 28.2 Å². The van der Waals surface area contributed by atoms with Crippen LogP contribution in [0.2, 0.25) is 0 Å². The van der Waals surface area contributed by atoms with Gasteiger partial charge in [-0.3, -0.25) is 9.78 Å². The molecule has 1 saturated heterocycles. The van der Waals surface area contributed by atoms with Crippen LogP contribution in [0, 0.1) is 6.92 Å². The first-order chi connectivity index (χ1) is 10.2. The molecule has 6 nitrogen and oxygen atoms in total. The lowest BCUT2D eigenvalue weighted by Crippen LogP contribution is -2.44. The fraction of sp³-hybridized carbons (Fsp3) is 0.429. The predicted octanol–water partition coefficient (Wildman–Crippen LogP) is 1.93. The second-order valence-corrected chi connectivity index (χ2v) is 5.76. The number of likely N-dealkylation sites (tertiary alicyclic amines) is 1. The van der Waals surface area contributed by atoms with Crippen LogP contribution in [0.4, 0.5) is 0 Å². The van der Waals surface area contributed by atoms with Gasteiger partial charge in [0.05, 0.1) is 12.2 Å². The van der Waals surface area contributed by atoms with Gasteiger partial charge in [-0.05, 0) is 43.4 Å². The summed E-state index contributed by atoms with van der Waals surface area (Å²) in [5.74, 6) is 0.797. The van der Waals surface area contributed by atoms with E-state index in [-0.39, 0.29) is 12.0 Å². The molecule has 0 radical (unpaired) electrons. The number of carbonyl (C=O) groups excluding carboxylic acids is 1. The molecule has 21 heavy (non-hydrogen) atoms. The molecule has 0 spiro atoms. The van der Waals surface area contributed by atoms with Gasteiger partial charge in [0.2, 0.25) is 0 Å². The van der Waals surface area contributed by atoms with Crippen LogP contribution in [-0.2, 0) is 0 Å². The number of aryl methyl sites for hydroxylation is 1. The van der Waals surface area contributed by atoms with Gasteiger partial charge in [-0.15, -0.1) is 5.10 Å². The van der Waals surface area contributed by atoms with E-state index in [1.54, 1.807) is 12.4 Å². The Hall–Kier alpha value is -2.02. The molecule has 0 aromatic carbocycles. The zero-order valence-corrected chi connectivity index (χ0v) is 12.5. The Balaban J connectivity index is 1.66. The highest BCUT2D eigenvalue weighted by atomic mass is 32.1. The molecule has 1 aliphatic rings. The van der Waals surface area contributed by atoms with Crippen molar-refractivity contribution >= 4 is 17.4 Å². The number of ether oxygens (including phenoxy) is 1. The maximum Gasteiger partial charge on any atom is 0.267 e. The van der Waals surface area contributed by atoms with Gasteiger partial charge < -0.3 is 9.64 Å². The van der Waals surface area contributed by atoms with E-state index in [4.69, 9.17) is 4.74 Å². The number of hydrogen-bond donors (Lipinski definition) is 0. The lowest BCUT2D eigenvalue weighted by molar-refractivity contribution is 0.0541. The number of nitrogens with zero attached hydrogens (tertiary/aromatic N) is 4. The Bertz CT molecular complexity index is 616. The van der Waals surface area contributed by atoms with Crippen molar-refractivity contribution in [1.29, 1.82) is 0 Å². The van der Waals surface area contributed by atoms with Crippen molar-refractivity contribution in [1.82, 2.24) is 19.5 Å². The molecule has 1 fully saturated rings. The fourth-order valence-corrected chi connectivity index (χ4v) is 3.02. The second-order valence-electron chi connectivity index (χ2n) is 5.00. The zero-order valence-electron chi connectivity index (χ0n) is 11.7. The third kappa shape index (κ3) is 3.18. The molecular formula is C14H16N4O2S. The van der Waals surface area contributed by atoms with E-state index in [0.717, 1.165) is 36.7 Å². The van der Waals surface area contributed by atoms with Crippen LogP contribution >= 0.6 is 11.5 Å². The maximum atomic E-state index is 12.5. The first-order valence-corrected chi connectivity index (χ1v) is 7.66. The van der Waals surface area contributed by atoms with E-state index >= 15 is 0 Å². The Labute approximate surface area is 126 Å². The second kappa shape index (κ2) is 6.17. The van der Waals surface area contributed by atoms with Crippen molar-refractivity contribution < 1.29 is 9.53 Å². The maximum absolute atomic E-state index is 12.5. The van der Waals surface area contributed by atoms with Crippen LogP contribution in [0.15, 0.2) is 24.5 Å². The molecule has 0 saturated carbocycles. The third-order valence-corrected chi connectivity index (χ3v) is 4.28. The van der Waals surface area contributed by atoms with Crippen molar-refractivity contribution in [2.45, 2.75) is 25.9 Å². The number of aromatic nitrogens is 3. The van der Waals surface area contributed by atoms with Gasteiger partial charge in [0.25, 0.3) is 5.91 Å². The minimum atomic E-state index is 0.00512. The van der Waals surface area contributed by atoms with Crippen LogP contribution in [-0.4, -0.2) is 44.6 Å². The predicted molar refractivity (Wildman–Crippen MR) is 78.4 cm³/mol. The largest absolute Gasteiger partial charge is 0.488 e. The molecule has 1 aliphatic heterocycles. The highest BCUT2D eigenvalue weighted by Crippen LogP contribution is 2.20. The first-order valence-electron chi connectivity index (χ1n) is 6.89. The molecule has 0 N–H and O–H groups in total. The molecule has 110 valence electrons. The van der Waals surface area contributed by atoms with E-state index in [1.807, 2.05) is 24.0 Å². The van der Waals surface area contributed by atoms with Crippen LogP contribution in [0.3, 0.4) is 0 Å². The summed E-state index contributed by atoms with van der Waals surface area (Å²) < 4.78 is 9.75. The summed E-state index contributed by atoms with van der Waals surface area (Å²) in [5.41, 5.74) is 0.696. The normalized spacial score (nSPS) is 18.5. The number of pyridine rings is 1. The average Bonchev–Trinajstić information content (AvgIpc) is 2.94. The SMILES string of the molecule is Cc1nnsc1C(=O)N1CCCC(Oc2ccncc2)C1. The van der Waals surface area contributed by atoms with Crippen molar-refractivity contribution in [3.05, 3.63) is 35.1 Å². The lowest BCUT2D eigenvalue weighted by Gasteiger charge is -2.32. The minimum absolute atomic E-state index is 0.00512. The molecule has 0 bridgehead atoms. The van der Waals surface area contributed by atoms with Gasteiger partial charge in [0, 0.05) is 18.9 Å². The van der Waals surface area contributed by atoms with E-state index < -0.39 is 0 Å². The summed E-state index contributed by atoms with van der Waals surface area (Å²) in [6.07, 6.45) is 5.31. The monoisotopic (exact) mass is 304 g/mol. The molecule has 7 heteroatoms. The van der Waals surface area contributed by atoms with Gasteiger partial charge >= 0.3 is 0 Å². The number of rotatable bonds is 3. The van der Waals surface area contributed by atoms with E-state index in [1.165, 1.54) is 0 Å². The zero-order chi connectivity index (χ0) is 14.7. The molecule has 3 heterocycles. The standard InChI is InChI=1S/C14H16N4O2S/c1-10-13(21-17-16-10)14(19)18-8-2-3-12(9-18)20-11-4-6-15-7-5-11/h4-7,12H,2-3,8-9H2,1H3. The molecule has 0 aliphatic carbocycles. The molecule has 1 unspecified atom stereocenters. The summed E-state index contributed by atoms with van der Waals surface area (Å²) in [4.78, 5) is 18.9. The molecule has 3 rings (SSSR count). The Morgan fingerprint density at radius 1 is 1.43 bits per heavy atom. The third-order valence-electron chi connectivity index (χ3n) is 3.46. The Morgan fingerprint density at radius 3 is 2.95 bits per heavy atom. The number of amides is 1. The van der Waals surface area contributed by atoms with Crippen LogP contribution < -0.4 is 4.74 Å². The minimum Gasteiger partial charge on any atom is -0.488 e. The topological polar surface area (TPSA) is 68.2 Å². The number of piperidine rings is 1. The quantitative estimate of drug-likeness (QED) is 0.866. The molecule has 1 atom stereocenters.